The molecule has 2 aromatic rings. The van der Waals surface area contributed by atoms with Gasteiger partial charge in [0.25, 0.3) is 0 Å². The molecule has 0 bridgehead atoms. The number of ketones is 1. The Hall–Kier alpha value is -2.14. The molecule has 1 aromatic heterocycles. The van der Waals surface area contributed by atoms with Crippen LogP contribution in [0.5, 0.6) is 0 Å². The van der Waals surface area contributed by atoms with Crippen LogP contribution in [-0.4, -0.2) is 29.5 Å². The number of carbonyl (C=O) groups is 2. The Balaban J connectivity index is 2.06. The van der Waals surface area contributed by atoms with E-state index in [1.807, 2.05) is 28.8 Å². The highest BCUT2D eigenvalue weighted by molar-refractivity contribution is 6.06. The maximum atomic E-state index is 11.6. The third-order valence-corrected chi connectivity index (χ3v) is 2.93. The lowest BCUT2D eigenvalue weighted by molar-refractivity contribution is -0.142. The zero-order valence-electron chi connectivity index (χ0n) is 11.6. The minimum atomic E-state index is -0.320. The van der Waals surface area contributed by atoms with Crippen LogP contribution < -0.4 is 0 Å². The van der Waals surface area contributed by atoms with Crippen LogP contribution in [-0.2, 0) is 21.0 Å². The molecule has 0 aliphatic heterocycles. The van der Waals surface area contributed by atoms with E-state index in [-0.39, 0.29) is 18.4 Å². The van der Waals surface area contributed by atoms with Crippen molar-refractivity contribution in [3.8, 4) is 0 Å². The molecule has 20 heavy (non-hydrogen) atoms. The highest BCUT2D eigenvalue weighted by atomic mass is 16.6. The molecule has 0 aliphatic rings. The quantitative estimate of drug-likeness (QED) is 0.461. The van der Waals surface area contributed by atoms with E-state index in [0.29, 0.717) is 18.9 Å². The summed E-state index contributed by atoms with van der Waals surface area (Å²) in [5.74, 6) is -0.293. The normalized spacial score (nSPS) is 10.7. The van der Waals surface area contributed by atoms with Crippen LogP contribution in [0.2, 0.25) is 0 Å². The van der Waals surface area contributed by atoms with Gasteiger partial charge in [0.2, 0.25) is 0 Å². The zero-order valence-corrected chi connectivity index (χ0v) is 11.6. The minimum Gasteiger partial charge on any atom is -0.463 e. The Morgan fingerprint density at radius 2 is 1.90 bits per heavy atom. The summed E-state index contributed by atoms with van der Waals surface area (Å²) in [6, 6.07) is 7.68. The second-order valence-electron chi connectivity index (χ2n) is 4.46. The van der Waals surface area contributed by atoms with Crippen molar-refractivity contribution in [1.82, 2.24) is 4.57 Å². The Kier molecular flexibility index (Phi) is 4.53. The molecule has 0 spiro atoms. The number of aromatic nitrogens is 1. The number of nitrogens with zero attached hydrogens (tertiary/aromatic N) is 1. The van der Waals surface area contributed by atoms with E-state index < -0.39 is 0 Å². The molecular formula is C15H17NO4. The van der Waals surface area contributed by atoms with Gasteiger partial charge in [0.15, 0.2) is 5.78 Å². The number of fused-ring (bicyclic) bond motifs is 1. The van der Waals surface area contributed by atoms with E-state index in [9.17, 15) is 9.59 Å². The summed E-state index contributed by atoms with van der Waals surface area (Å²) in [5, 5.41) is 0.920. The first-order valence-electron chi connectivity index (χ1n) is 6.39. The Labute approximate surface area is 117 Å². The first kappa shape index (κ1) is 14.3. The van der Waals surface area contributed by atoms with Crippen molar-refractivity contribution in [2.24, 2.45) is 0 Å². The number of rotatable bonds is 6. The van der Waals surface area contributed by atoms with Crippen molar-refractivity contribution in [3.63, 3.8) is 0 Å². The van der Waals surface area contributed by atoms with Gasteiger partial charge in [0.05, 0.1) is 12.1 Å². The van der Waals surface area contributed by atoms with E-state index in [0.717, 1.165) is 10.9 Å². The molecule has 106 valence electrons. The standard InChI is InChI=1S/C15H17NO4/c1-11(17)14-9-16(10-19-7-8-20-12(2)18)15-6-4-3-5-13(14)15/h3-6,9H,7-8,10H2,1-2H3. The van der Waals surface area contributed by atoms with Crippen LogP contribution in [0.1, 0.15) is 24.2 Å². The predicted octanol–water partition coefficient (Wildman–Crippen LogP) is 2.38. The molecule has 0 saturated heterocycles. The molecule has 1 heterocycles. The van der Waals surface area contributed by atoms with Crippen LogP contribution >= 0.6 is 0 Å². The molecule has 1 aromatic carbocycles. The molecule has 0 N–H and O–H groups in total. The van der Waals surface area contributed by atoms with E-state index in [2.05, 4.69) is 0 Å². The third kappa shape index (κ3) is 3.24. The lowest BCUT2D eigenvalue weighted by Gasteiger charge is -2.07. The smallest absolute Gasteiger partial charge is 0.302 e. The Bertz CT molecular complexity index is 630. The second-order valence-corrected chi connectivity index (χ2v) is 4.46. The monoisotopic (exact) mass is 275 g/mol. The molecule has 5 heteroatoms. The number of ether oxygens (including phenoxy) is 2. The van der Waals surface area contributed by atoms with Crippen molar-refractivity contribution in [2.45, 2.75) is 20.6 Å². The van der Waals surface area contributed by atoms with Crippen molar-refractivity contribution >= 4 is 22.7 Å². The van der Waals surface area contributed by atoms with Crippen LogP contribution in [0, 0.1) is 0 Å². The van der Waals surface area contributed by atoms with Gasteiger partial charge in [-0.2, -0.15) is 0 Å². The topological polar surface area (TPSA) is 57.5 Å². The van der Waals surface area contributed by atoms with Crippen LogP contribution in [0.4, 0.5) is 0 Å². The molecule has 0 aliphatic carbocycles. The minimum absolute atomic E-state index is 0.0277. The predicted molar refractivity (Wildman–Crippen MR) is 74.5 cm³/mol. The summed E-state index contributed by atoms with van der Waals surface area (Å²) >= 11 is 0. The van der Waals surface area contributed by atoms with E-state index >= 15 is 0 Å². The Morgan fingerprint density at radius 1 is 1.15 bits per heavy atom. The molecule has 5 nitrogen and oxygen atoms in total. The summed E-state index contributed by atoms with van der Waals surface area (Å²) in [6.07, 6.45) is 1.79. The molecule has 0 unspecified atom stereocenters. The van der Waals surface area contributed by atoms with E-state index in [1.54, 1.807) is 13.1 Å². The Morgan fingerprint density at radius 3 is 2.60 bits per heavy atom. The summed E-state index contributed by atoms with van der Waals surface area (Å²) in [7, 11) is 0. The lowest BCUT2D eigenvalue weighted by atomic mass is 10.1. The lowest BCUT2D eigenvalue weighted by Crippen LogP contribution is -2.09. The average Bonchev–Trinajstić information content (AvgIpc) is 2.77. The largest absolute Gasteiger partial charge is 0.463 e. The number of benzene rings is 1. The van der Waals surface area contributed by atoms with Gasteiger partial charge in [-0.1, -0.05) is 18.2 Å². The van der Waals surface area contributed by atoms with Gasteiger partial charge in [-0.05, 0) is 13.0 Å². The first-order chi connectivity index (χ1) is 9.59. The van der Waals surface area contributed by atoms with Crippen molar-refractivity contribution < 1.29 is 19.1 Å². The maximum absolute atomic E-state index is 11.6. The maximum Gasteiger partial charge on any atom is 0.302 e. The SMILES string of the molecule is CC(=O)OCCOCn1cc(C(C)=O)c2ccccc21. The van der Waals surface area contributed by atoms with Crippen molar-refractivity contribution in [3.05, 3.63) is 36.0 Å². The van der Waals surface area contributed by atoms with Crippen molar-refractivity contribution in [1.29, 1.82) is 0 Å². The van der Waals surface area contributed by atoms with E-state index in [1.165, 1.54) is 6.92 Å². The fourth-order valence-electron chi connectivity index (χ4n) is 2.04. The van der Waals surface area contributed by atoms with Crippen molar-refractivity contribution in [2.75, 3.05) is 13.2 Å². The van der Waals surface area contributed by atoms with Gasteiger partial charge in [-0.25, -0.2) is 0 Å². The van der Waals surface area contributed by atoms with Gasteiger partial charge in [-0.3, -0.25) is 9.59 Å². The molecular weight excluding hydrogens is 258 g/mol. The molecule has 0 amide bonds. The summed E-state index contributed by atoms with van der Waals surface area (Å²) in [5.41, 5.74) is 1.63. The number of hydrogen-bond acceptors (Lipinski definition) is 4. The highest BCUT2D eigenvalue weighted by Crippen LogP contribution is 2.21. The van der Waals surface area contributed by atoms with Gasteiger partial charge >= 0.3 is 5.97 Å². The van der Waals surface area contributed by atoms with Crippen LogP contribution in [0.3, 0.4) is 0 Å². The third-order valence-electron chi connectivity index (χ3n) is 2.93. The number of esters is 1. The van der Waals surface area contributed by atoms with Gasteiger partial charge in [-0.15, -0.1) is 0 Å². The fourth-order valence-corrected chi connectivity index (χ4v) is 2.04. The summed E-state index contributed by atoms with van der Waals surface area (Å²) in [6.45, 7) is 3.77. The van der Waals surface area contributed by atoms with Crippen LogP contribution in [0.25, 0.3) is 10.9 Å². The average molecular weight is 275 g/mol. The van der Waals surface area contributed by atoms with Crippen LogP contribution in [0.15, 0.2) is 30.5 Å². The molecule has 0 fully saturated rings. The number of carbonyl (C=O) groups excluding carboxylic acids is 2. The highest BCUT2D eigenvalue weighted by Gasteiger charge is 2.11. The number of para-hydroxylation sites is 1. The molecule has 0 atom stereocenters. The van der Waals surface area contributed by atoms with Gasteiger partial charge in [0, 0.05) is 24.1 Å². The first-order valence-corrected chi connectivity index (χ1v) is 6.39. The number of Topliss-reactive ketones (excluding diaryl/α,β-unsaturated/α-hetero) is 1. The fraction of sp³-hybridized carbons (Fsp3) is 0.333. The molecule has 0 saturated carbocycles. The summed E-state index contributed by atoms with van der Waals surface area (Å²) < 4.78 is 12.1. The molecule has 2 rings (SSSR count). The van der Waals surface area contributed by atoms with Gasteiger partial charge < -0.3 is 14.0 Å². The zero-order chi connectivity index (χ0) is 14.5. The number of hydrogen-bond donors (Lipinski definition) is 0. The van der Waals surface area contributed by atoms with E-state index in [4.69, 9.17) is 9.47 Å². The second kappa shape index (κ2) is 6.34. The van der Waals surface area contributed by atoms with Gasteiger partial charge in [0.1, 0.15) is 13.3 Å². The molecule has 0 radical (unpaired) electrons. The summed E-state index contributed by atoms with van der Waals surface area (Å²) in [4.78, 5) is 22.2.